The summed E-state index contributed by atoms with van der Waals surface area (Å²) >= 11 is 2.10. The minimum Gasteiger partial charge on any atom is -0.349 e. The first kappa shape index (κ1) is 16.4. The molecular formula is C11H24IN3S. The zero-order valence-corrected chi connectivity index (χ0v) is 14.1. The lowest BCUT2D eigenvalue weighted by atomic mass is 10.1. The summed E-state index contributed by atoms with van der Waals surface area (Å²) in [7, 11) is 6.00. The van der Waals surface area contributed by atoms with Crippen LogP contribution in [-0.4, -0.2) is 61.0 Å². The molecule has 16 heavy (non-hydrogen) atoms. The molecule has 0 spiro atoms. The Morgan fingerprint density at radius 1 is 1.44 bits per heavy atom. The molecule has 0 aromatic carbocycles. The van der Waals surface area contributed by atoms with Crippen LogP contribution < -0.4 is 0 Å². The van der Waals surface area contributed by atoms with E-state index in [4.69, 9.17) is 0 Å². The van der Waals surface area contributed by atoms with Crippen LogP contribution in [0.1, 0.15) is 13.8 Å². The molecule has 0 radical (unpaired) electrons. The van der Waals surface area contributed by atoms with Crippen LogP contribution in [0.5, 0.6) is 0 Å². The molecule has 3 nitrogen and oxygen atoms in total. The highest BCUT2D eigenvalue weighted by molar-refractivity contribution is 14.0. The molecule has 5 heteroatoms. The number of rotatable bonds is 1. The third kappa shape index (κ3) is 4.31. The predicted octanol–water partition coefficient (Wildman–Crippen LogP) is 2.23. The Kier molecular flexibility index (Phi) is 7.80. The molecule has 0 aromatic heterocycles. The number of guanidine groups is 1. The lowest BCUT2D eigenvalue weighted by molar-refractivity contribution is 0.351. The second-order valence-corrected chi connectivity index (χ2v) is 5.86. The van der Waals surface area contributed by atoms with Crippen molar-refractivity contribution in [1.82, 2.24) is 9.80 Å². The minimum atomic E-state index is 0. The van der Waals surface area contributed by atoms with Gasteiger partial charge in [0.1, 0.15) is 0 Å². The van der Waals surface area contributed by atoms with E-state index in [9.17, 15) is 0 Å². The number of nitrogens with zero attached hydrogens (tertiary/aromatic N) is 3. The SMILES string of the molecule is CN=C(N(C)C)N1CCSC(C(C)C)C1.I. The molecule has 0 aromatic rings. The van der Waals surface area contributed by atoms with Crippen LogP contribution in [0.2, 0.25) is 0 Å². The van der Waals surface area contributed by atoms with E-state index in [-0.39, 0.29) is 24.0 Å². The Morgan fingerprint density at radius 3 is 2.50 bits per heavy atom. The maximum atomic E-state index is 4.36. The molecule has 1 aliphatic heterocycles. The summed E-state index contributed by atoms with van der Waals surface area (Å²) in [5.41, 5.74) is 0. The lowest BCUT2D eigenvalue weighted by Gasteiger charge is -2.38. The first-order valence-corrected chi connectivity index (χ1v) is 6.61. The van der Waals surface area contributed by atoms with E-state index in [0.717, 1.165) is 30.2 Å². The molecule has 1 unspecified atom stereocenters. The third-order valence-electron chi connectivity index (χ3n) is 2.72. The molecule has 1 fully saturated rings. The van der Waals surface area contributed by atoms with E-state index in [1.54, 1.807) is 0 Å². The maximum absolute atomic E-state index is 4.36. The molecule has 0 aliphatic carbocycles. The van der Waals surface area contributed by atoms with Crippen molar-refractivity contribution in [3.63, 3.8) is 0 Å². The Hall–Kier alpha value is 0.350. The predicted molar refractivity (Wildman–Crippen MR) is 85.1 cm³/mol. The van der Waals surface area contributed by atoms with E-state index in [1.807, 2.05) is 7.05 Å². The minimum absolute atomic E-state index is 0. The van der Waals surface area contributed by atoms with Gasteiger partial charge in [0.05, 0.1) is 0 Å². The fourth-order valence-electron chi connectivity index (χ4n) is 1.88. The van der Waals surface area contributed by atoms with E-state index in [0.29, 0.717) is 0 Å². The first-order chi connectivity index (χ1) is 7.06. The summed E-state index contributed by atoms with van der Waals surface area (Å²) in [6.07, 6.45) is 0. The molecule has 1 rings (SSSR count). The van der Waals surface area contributed by atoms with E-state index >= 15 is 0 Å². The van der Waals surface area contributed by atoms with Crippen molar-refractivity contribution in [2.24, 2.45) is 10.9 Å². The number of halogens is 1. The second-order valence-electron chi connectivity index (χ2n) is 4.52. The highest BCUT2D eigenvalue weighted by Gasteiger charge is 2.25. The van der Waals surface area contributed by atoms with Crippen molar-refractivity contribution in [1.29, 1.82) is 0 Å². The third-order valence-corrected chi connectivity index (χ3v) is 4.26. The van der Waals surface area contributed by atoms with Gasteiger partial charge in [-0.1, -0.05) is 13.8 Å². The highest BCUT2D eigenvalue weighted by atomic mass is 127. The van der Waals surface area contributed by atoms with E-state index in [2.05, 4.69) is 54.5 Å². The number of hydrogen-bond acceptors (Lipinski definition) is 2. The summed E-state index contributed by atoms with van der Waals surface area (Å²) in [6, 6.07) is 0. The molecule has 1 aliphatic rings. The van der Waals surface area contributed by atoms with Crippen LogP contribution >= 0.6 is 35.7 Å². The van der Waals surface area contributed by atoms with Crippen LogP contribution in [0.3, 0.4) is 0 Å². The van der Waals surface area contributed by atoms with Crippen molar-refractivity contribution in [2.45, 2.75) is 19.1 Å². The van der Waals surface area contributed by atoms with Crippen molar-refractivity contribution in [3.05, 3.63) is 0 Å². The largest absolute Gasteiger partial charge is 0.349 e. The van der Waals surface area contributed by atoms with Gasteiger partial charge in [-0.15, -0.1) is 24.0 Å². The smallest absolute Gasteiger partial charge is 0.195 e. The topological polar surface area (TPSA) is 18.8 Å². The quantitative estimate of drug-likeness (QED) is 0.408. The molecular weight excluding hydrogens is 333 g/mol. The fraction of sp³-hybridized carbons (Fsp3) is 0.909. The maximum Gasteiger partial charge on any atom is 0.195 e. The van der Waals surface area contributed by atoms with Crippen molar-refractivity contribution < 1.29 is 0 Å². The van der Waals surface area contributed by atoms with Crippen molar-refractivity contribution in [3.8, 4) is 0 Å². The average Bonchev–Trinajstić information content (AvgIpc) is 2.18. The number of thioether (sulfide) groups is 1. The fourth-order valence-corrected chi connectivity index (χ4v) is 3.18. The summed E-state index contributed by atoms with van der Waals surface area (Å²) < 4.78 is 0. The van der Waals surface area contributed by atoms with Gasteiger partial charge in [0.2, 0.25) is 0 Å². The molecule has 1 atom stereocenters. The lowest BCUT2D eigenvalue weighted by Crippen LogP contribution is -2.48. The summed E-state index contributed by atoms with van der Waals surface area (Å²) in [5.74, 6) is 3.08. The Balaban J connectivity index is 0.00000225. The Bertz CT molecular complexity index is 231. The van der Waals surface area contributed by atoms with Gasteiger partial charge < -0.3 is 9.80 Å². The summed E-state index contributed by atoms with van der Waals surface area (Å²) in [6.45, 7) is 6.87. The van der Waals surface area contributed by atoms with Gasteiger partial charge in [0.25, 0.3) is 0 Å². The molecule has 1 heterocycles. The monoisotopic (exact) mass is 357 g/mol. The normalized spacial score (nSPS) is 22.0. The molecule has 1 saturated heterocycles. The first-order valence-electron chi connectivity index (χ1n) is 5.57. The Morgan fingerprint density at radius 2 is 2.06 bits per heavy atom. The van der Waals surface area contributed by atoms with Crippen LogP contribution in [0.25, 0.3) is 0 Å². The number of aliphatic imine (C=N–C) groups is 1. The van der Waals surface area contributed by atoms with Crippen LogP contribution in [0, 0.1) is 5.92 Å². The zero-order chi connectivity index (χ0) is 11.4. The van der Waals surface area contributed by atoms with Crippen LogP contribution in [0.15, 0.2) is 4.99 Å². The van der Waals surface area contributed by atoms with Gasteiger partial charge in [-0.25, -0.2) is 0 Å². The molecule has 96 valence electrons. The van der Waals surface area contributed by atoms with Crippen LogP contribution in [-0.2, 0) is 0 Å². The van der Waals surface area contributed by atoms with Gasteiger partial charge in [-0.2, -0.15) is 11.8 Å². The van der Waals surface area contributed by atoms with Gasteiger partial charge in [0.15, 0.2) is 5.96 Å². The highest BCUT2D eigenvalue weighted by Crippen LogP contribution is 2.25. The Labute approximate surface area is 121 Å². The average molecular weight is 357 g/mol. The van der Waals surface area contributed by atoms with Crippen molar-refractivity contribution >= 4 is 41.7 Å². The summed E-state index contributed by atoms with van der Waals surface area (Å²) in [4.78, 5) is 8.87. The number of hydrogen-bond donors (Lipinski definition) is 0. The zero-order valence-electron chi connectivity index (χ0n) is 10.9. The second kappa shape index (κ2) is 7.63. The van der Waals surface area contributed by atoms with Gasteiger partial charge in [0, 0.05) is 45.2 Å². The van der Waals surface area contributed by atoms with Gasteiger partial charge in [-0.3, -0.25) is 4.99 Å². The van der Waals surface area contributed by atoms with E-state index in [1.165, 1.54) is 5.75 Å². The standard InChI is InChI=1S/C11H23N3S.HI/c1-9(2)10-8-14(6-7-15-10)11(12-3)13(4)5;/h9-10H,6-8H2,1-5H3;1H. The molecule has 0 amide bonds. The summed E-state index contributed by atoms with van der Waals surface area (Å²) in [5, 5.41) is 0.746. The molecule has 0 N–H and O–H groups in total. The van der Waals surface area contributed by atoms with Crippen molar-refractivity contribution in [2.75, 3.05) is 40.0 Å². The van der Waals surface area contributed by atoms with Gasteiger partial charge >= 0.3 is 0 Å². The van der Waals surface area contributed by atoms with E-state index < -0.39 is 0 Å². The van der Waals surface area contributed by atoms with Crippen LogP contribution in [0.4, 0.5) is 0 Å². The molecule has 0 bridgehead atoms. The van der Waals surface area contributed by atoms with Gasteiger partial charge in [-0.05, 0) is 5.92 Å². The molecule has 0 saturated carbocycles.